The Morgan fingerprint density at radius 2 is 1.24 bits per heavy atom. The summed E-state index contributed by atoms with van der Waals surface area (Å²) in [6.45, 7) is 2.17. The number of allylic oxidation sites excluding steroid dienone is 2. The molecule has 256 valence electrons. The number of anilines is 3. The molecule has 9 aromatic rings. The fourth-order valence-corrected chi connectivity index (χ4v) is 8.57. The average Bonchev–Trinajstić information content (AvgIpc) is 3.81. The Bertz CT molecular complexity index is 2980. The van der Waals surface area contributed by atoms with Gasteiger partial charge in [0.25, 0.3) is 0 Å². The van der Waals surface area contributed by atoms with Crippen LogP contribution in [0.3, 0.4) is 0 Å². The fraction of sp³-hybridized carbons (Fsp3) is 0.0600. The van der Waals surface area contributed by atoms with Crippen LogP contribution in [0.5, 0.6) is 5.75 Å². The predicted molar refractivity (Wildman–Crippen MR) is 222 cm³/mol. The van der Waals surface area contributed by atoms with Crippen LogP contribution < -0.4 is 9.64 Å². The summed E-state index contributed by atoms with van der Waals surface area (Å²) in [6, 6.07) is 56.0. The summed E-state index contributed by atoms with van der Waals surface area (Å²) in [4.78, 5) is 7.58. The molecule has 0 bridgehead atoms. The standard InChI is InChI=1S/C50H34N2O2/c1-50-29-11-10-18-44(50)43-31-38(26-28-45(43)54-50)52(36-23-19-33(20-24-36)32-12-4-2-5-13-32)37-25-21-34-22-27-40-39-16-8-9-17-41(39)48-47(46(40)42(34)30-37)51-49(53-48)35-14-6-3-7-15-35/h2-31,44H,1H3. The van der Waals surface area contributed by atoms with Crippen LogP contribution in [0.2, 0.25) is 0 Å². The highest BCUT2D eigenvalue weighted by molar-refractivity contribution is 6.29. The van der Waals surface area contributed by atoms with E-state index in [0.29, 0.717) is 5.89 Å². The quantitative estimate of drug-likeness (QED) is 0.168. The van der Waals surface area contributed by atoms with E-state index in [1.165, 1.54) is 16.7 Å². The van der Waals surface area contributed by atoms with E-state index in [4.69, 9.17) is 14.1 Å². The third-order valence-corrected chi connectivity index (χ3v) is 11.2. The maximum absolute atomic E-state index is 6.64. The van der Waals surface area contributed by atoms with Gasteiger partial charge in [-0.05, 0) is 100 Å². The molecule has 2 aliphatic rings. The Kier molecular flexibility index (Phi) is 6.71. The van der Waals surface area contributed by atoms with Gasteiger partial charge in [-0.1, -0.05) is 121 Å². The fourth-order valence-electron chi connectivity index (χ4n) is 8.57. The first-order valence-electron chi connectivity index (χ1n) is 18.5. The first-order valence-corrected chi connectivity index (χ1v) is 18.5. The van der Waals surface area contributed by atoms with Crippen LogP contribution >= 0.6 is 0 Å². The van der Waals surface area contributed by atoms with Crippen LogP contribution in [0.1, 0.15) is 18.4 Å². The highest BCUT2D eigenvalue weighted by Crippen LogP contribution is 2.50. The molecule has 0 fully saturated rings. The molecular formula is C50H34N2O2. The van der Waals surface area contributed by atoms with Gasteiger partial charge in [0, 0.05) is 44.9 Å². The molecule has 2 heterocycles. The summed E-state index contributed by atoms with van der Waals surface area (Å²) < 4.78 is 13.2. The van der Waals surface area contributed by atoms with Crippen molar-refractivity contribution in [1.29, 1.82) is 0 Å². The molecule has 0 saturated carbocycles. The second-order valence-corrected chi connectivity index (χ2v) is 14.5. The predicted octanol–water partition coefficient (Wildman–Crippen LogP) is 13.5. The molecule has 2 atom stereocenters. The van der Waals surface area contributed by atoms with Crippen LogP contribution in [0.4, 0.5) is 17.1 Å². The first kappa shape index (κ1) is 30.7. The Hall–Kier alpha value is -6.91. The number of fused-ring (bicyclic) bond motifs is 11. The molecule has 8 aromatic carbocycles. The minimum absolute atomic E-state index is 0.132. The van der Waals surface area contributed by atoms with Crippen molar-refractivity contribution in [2.45, 2.75) is 18.4 Å². The summed E-state index contributed by atoms with van der Waals surface area (Å²) in [5, 5.41) is 6.71. The van der Waals surface area contributed by atoms with Gasteiger partial charge in [0.2, 0.25) is 5.89 Å². The second kappa shape index (κ2) is 11.8. The highest BCUT2D eigenvalue weighted by atomic mass is 16.5. The SMILES string of the molecule is CC12C=CC=CC1c1cc(N(c3ccc(-c4ccccc4)cc3)c3ccc4ccc5c6ccccc6c6oc(-c7ccccc7)nc6c5c4c3)ccc1O2. The Morgan fingerprint density at radius 3 is 2.06 bits per heavy atom. The number of rotatable bonds is 5. The van der Waals surface area contributed by atoms with E-state index < -0.39 is 5.60 Å². The molecule has 0 N–H and O–H groups in total. The van der Waals surface area contributed by atoms with Gasteiger partial charge in [0.15, 0.2) is 5.58 Å². The van der Waals surface area contributed by atoms with Gasteiger partial charge >= 0.3 is 0 Å². The molecule has 0 spiro atoms. The number of oxazole rings is 1. The Balaban J connectivity index is 1.15. The molecule has 4 heteroatoms. The lowest BCUT2D eigenvalue weighted by Crippen LogP contribution is -2.32. The van der Waals surface area contributed by atoms with Crippen molar-refractivity contribution in [2.75, 3.05) is 4.90 Å². The van der Waals surface area contributed by atoms with Crippen molar-refractivity contribution in [3.05, 3.63) is 188 Å². The zero-order chi connectivity index (χ0) is 35.8. The molecule has 1 aromatic heterocycles. The van der Waals surface area contributed by atoms with Crippen molar-refractivity contribution >= 4 is 60.5 Å². The molecule has 2 unspecified atom stereocenters. The first-order chi connectivity index (χ1) is 26.6. The van der Waals surface area contributed by atoms with E-state index >= 15 is 0 Å². The van der Waals surface area contributed by atoms with Crippen LogP contribution in [0.25, 0.3) is 66.0 Å². The lowest BCUT2D eigenvalue weighted by atomic mass is 9.82. The topological polar surface area (TPSA) is 38.5 Å². The summed E-state index contributed by atoms with van der Waals surface area (Å²) in [5.74, 6) is 1.68. The van der Waals surface area contributed by atoms with Gasteiger partial charge in [0.1, 0.15) is 16.9 Å². The Morgan fingerprint density at radius 1 is 0.574 bits per heavy atom. The highest BCUT2D eigenvalue weighted by Gasteiger charge is 2.42. The number of benzene rings is 8. The lowest BCUT2D eigenvalue weighted by molar-refractivity contribution is 0.155. The molecular weight excluding hydrogens is 661 g/mol. The van der Waals surface area contributed by atoms with E-state index in [0.717, 1.165) is 71.8 Å². The maximum atomic E-state index is 6.64. The van der Waals surface area contributed by atoms with Crippen molar-refractivity contribution < 1.29 is 9.15 Å². The molecule has 0 saturated heterocycles. The zero-order valence-electron chi connectivity index (χ0n) is 29.6. The van der Waals surface area contributed by atoms with Crippen LogP contribution in [-0.4, -0.2) is 10.6 Å². The van der Waals surface area contributed by atoms with Crippen molar-refractivity contribution in [3.8, 4) is 28.3 Å². The number of hydrogen-bond acceptors (Lipinski definition) is 4. The van der Waals surface area contributed by atoms with Gasteiger partial charge in [-0.2, -0.15) is 0 Å². The van der Waals surface area contributed by atoms with E-state index in [2.05, 4.69) is 176 Å². The van der Waals surface area contributed by atoms with Crippen LogP contribution in [0, 0.1) is 0 Å². The normalized spacial score (nSPS) is 17.2. The molecule has 54 heavy (non-hydrogen) atoms. The smallest absolute Gasteiger partial charge is 0.227 e. The van der Waals surface area contributed by atoms with Gasteiger partial charge in [-0.15, -0.1) is 0 Å². The number of nitrogens with zero attached hydrogens (tertiary/aromatic N) is 2. The largest absolute Gasteiger partial charge is 0.482 e. The second-order valence-electron chi connectivity index (χ2n) is 14.5. The Labute approximate surface area is 312 Å². The van der Waals surface area contributed by atoms with E-state index in [1.54, 1.807) is 0 Å². The molecule has 1 aliphatic carbocycles. The van der Waals surface area contributed by atoms with Crippen molar-refractivity contribution in [1.82, 2.24) is 4.98 Å². The minimum atomic E-state index is -0.399. The van der Waals surface area contributed by atoms with Gasteiger partial charge in [-0.25, -0.2) is 4.98 Å². The summed E-state index contributed by atoms with van der Waals surface area (Å²) >= 11 is 0. The summed E-state index contributed by atoms with van der Waals surface area (Å²) in [6.07, 6.45) is 8.64. The number of aromatic nitrogens is 1. The van der Waals surface area contributed by atoms with Crippen LogP contribution in [-0.2, 0) is 0 Å². The average molecular weight is 695 g/mol. The third kappa shape index (κ3) is 4.73. The molecule has 11 rings (SSSR count). The molecule has 1 aliphatic heterocycles. The maximum Gasteiger partial charge on any atom is 0.227 e. The zero-order valence-corrected chi connectivity index (χ0v) is 29.6. The summed E-state index contributed by atoms with van der Waals surface area (Å²) in [5.41, 5.74) is 8.98. The number of hydrogen-bond donors (Lipinski definition) is 0. The minimum Gasteiger partial charge on any atom is -0.482 e. The monoisotopic (exact) mass is 694 g/mol. The van der Waals surface area contributed by atoms with Crippen LogP contribution in [0.15, 0.2) is 186 Å². The lowest BCUT2D eigenvalue weighted by Gasteiger charge is -2.28. The van der Waals surface area contributed by atoms with Gasteiger partial charge in [-0.3, -0.25) is 0 Å². The van der Waals surface area contributed by atoms with E-state index in [1.807, 2.05) is 18.2 Å². The van der Waals surface area contributed by atoms with Crippen molar-refractivity contribution in [2.24, 2.45) is 0 Å². The van der Waals surface area contributed by atoms with Gasteiger partial charge < -0.3 is 14.1 Å². The molecule has 4 nitrogen and oxygen atoms in total. The van der Waals surface area contributed by atoms with Gasteiger partial charge in [0.05, 0.1) is 0 Å². The van der Waals surface area contributed by atoms with E-state index in [-0.39, 0.29) is 5.92 Å². The van der Waals surface area contributed by atoms with E-state index in [9.17, 15) is 0 Å². The third-order valence-electron chi connectivity index (χ3n) is 11.2. The molecule has 0 amide bonds. The molecule has 0 radical (unpaired) electrons. The summed E-state index contributed by atoms with van der Waals surface area (Å²) in [7, 11) is 0. The van der Waals surface area contributed by atoms with Crippen molar-refractivity contribution in [3.63, 3.8) is 0 Å². The number of ether oxygens (including phenoxy) is 1.